The van der Waals surface area contributed by atoms with E-state index in [0.29, 0.717) is 11.5 Å². The molecule has 0 radical (unpaired) electrons. The van der Waals surface area contributed by atoms with Gasteiger partial charge in [-0.15, -0.1) is 10.2 Å². The normalized spacial score (nSPS) is 10.5. The lowest BCUT2D eigenvalue weighted by Gasteiger charge is -2.08. The van der Waals surface area contributed by atoms with Gasteiger partial charge in [0.25, 0.3) is 5.91 Å². The van der Waals surface area contributed by atoms with Gasteiger partial charge in [0.2, 0.25) is 0 Å². The SMILES string of the molecule is CNC(=O)c1ccc(NCCCCOC(C)C)nn1. The van der Waals surface area contributed by atoms with Crippen molar-refractivity contribution >= 4 is 11.7 Å². The van der Waals surface area contributed by atoms with Crippen LogP contribution in [0.15, 0.2) is 12.1 Å². The second-order valence-corrected chi connectivity index (χ2v) is 4.44. The van der Waals surface area contributed by atoms with Crippen molar-refractivity contribution in [3.8, 4) is 0 Å². The van der Waals surface area contributed by atoms with E-state index in [-0.39, 0.29) is 12.0 Å². The fourth-order valence-corrected chi connectivity index (χ4v) is 1.44. The topological polar surface area (TPSA) is 76.1 Å². The molecule has 0 saturated carbocycles. The molecule has 1 amide bonds. The van der Waals surface area contributed by atoms with E-state index in [4.69, 9.17) is 4.74 Å². The van der Waals surface area contributed by atoms with E-state index in [2.05, 4.69) is 20.8 Å². The standard InChI is InChI=1S/C13H22N4O2/c1-10(2)19-9-5-4-8-15-12-7-6-11(16-17-12)13(18)14-3/h6-7,10H,4-5,8-9H2,1-3H3,(H,14,18)(H,15,17). The highest BCUT2D eigenvalue weighted by Crippen LogP contribution is 2.03. The average molecular weight is 266 g/mol. The van der Waals surface area contributed by atoms with Gasteiger partial charge in [-0.3, -0.25) is 4.79 Å². The molecule has 0 unspecified atom stereocenters. The number of ether oxygens (including phenoxy) is 1. The Bertz CT molecular complexity index is 379. The maximum absolute atomic E-state index is 11.3. The van der Waals surface area contributed by atoms with Crippen molar-refractivity contribution < 1.29 is 9.53 Å². The quantitative estimate of drug-likeness (QED) is 0.697. The van der Waals surface area contributed by atoms with Gasteiger partial charge in [0, 0.05) is 20.2 Å². The third-order valence-corrected chi connectivity index (χ3v) is 2.45. The number of carbonyl (C=O) groups is 1. The summed E-state index contributed by atoms with van der Waals surface area (Å²) in [6.45, 7) is 5.65. The van der Waals surface area contributed by atoms with Gasteiger partial charge in [0.1, 0.15) is 5.82 Å². The third-order valence-electron chi connectivity index (χ3n) is 2.45. The van der Waals surface area contributed by atoms with Crippen molar-refractivity contribution in [2.75, 3.05) is 25.5 Å². The number of nitrogens with one attached hydrogen (secondary N) is 2. The zero-order valence-electron chi connectivity index (χ0n) is 11.8. The molecule has 0 fully saturated rings. The predicted molar refractivity (Wildman–Crippen MR) is 74.2 cm³/mol. The highest BCUT2D eigenvalue weighted by Gasteiger charge is 2.04. The number of nitrogens with zero attached hydrogens (tertiary/aromatic N) is 2. The summed E-state index contributed by atoms with van der Waals surface area (Å²) in [6.07, 6.45) is 2.30. The molecule has 1 aromatic rings. The fraction of sp³-hybridized carbons (Fsp3) is 0.615. The Kier molecular flexibility index (Phi) is 6.81. The Morgan fingerprint density at radius 3 is 2.68 bits per heavy atom. The first-order valence-electron chi connectivity index (χ1n) is 6.54. The summed E-state index contributed by atoms with van der Waals surface area (Å²) in [7, 11) is 1.56. The van der Waals surface area contributed by atoms with Gasteiger partial charge >= 0.3 is 0 Å². The third kappa shape index (κ3) is 6.15. The first-order chi connectivity index (χ1) is 9.13. The van der Waals surface area contributed by atoms with Crippen LogP contribution in [0.4, 0.5) is 5.82 Å². The maximum atomic E-state index is 11.3. The molecule has 1 rings (SSSR count). The van der Waals surface area contributed by atoms with E-state index in [9.17, 15) is 4.79 Å². The summed E-state index contributed by atoms with van der Waals surface area (Å²) in [6, 6.07) is 3.40. The van der Waals surface area contributed by atoms with Crippen LogP contribution in [0.25, 0.3) is 0 Å². The van der Waals surface area contributed by atoms with Crippen molar-refractivity contribution in [1.82, 2.24) is 15.5 Å². The average Bonchev–Trinajstić information content (AvgIpc) is 2.42. The second kappa shape index (κ2) is 8.42. The number of anilines is 1. The zero-order chi connectivity index (χ0) is 14.1. The Hall–Kier alpha value is -1.69. The lowest BCUT2D eigenvalue weighted by Crippen LogP contribution is -2.19. The van der Waals surface area contributed by atoms with Gasteiger partial charge in [0.05, 0.1) is 6.10 Å². The zero-order valence-corrected chi connectivity index (χ0v) is 11.8. The first kappa shape index (κ1) is 15.4. The number of aromatic nitrogens is 2. The fourth-order valence-electron chi connectivity index (χ4n) is 1.44. The molecule has 0 aliphatic rings. The van der Waals surface area contributed by atoms with E-state index in [0.717, 1.165) is 26.0 Å². The molecule has 1 heterocycles. The number of rotatable bonds is 8. The number of hydrogen-bond donors (Lipinski definition) is 2. The minimum Gasteiger partial charge on any atom is -0.379 e. The molecule has 19 heavy (non-hydrogen) atoms. The lowest BCUT2D eigenvalue weighted by atomic mass is 10.3. The minimum atomic E-state index is -0.232. The van der Waals surface area contributed by atoms with Gasteiger partial charge in [-0.2, -0.15) is 0 Å². The van der Waals surface area contributed by atoms with E-state index in [1.807, 2.05) is 13.8 Å². The van der Waals surface area contributed by atoms with E-state index in [1.165, 1.54) is 0 Å². The van der Waals surface area contributed by atoms with Crippen molar-refractivity contribution in [2.45, 2.75) is 32.8 Å². The Morgan fingerprint density at radius 2 is 2.11 bits per heavy atom. The van der Waals surface area contributed by atoms with Crippen LogP contribution in [-0.2, 0) is 4.74 Å². The summed E-state index contributed by atoms with van der Waals surface area (Å²) >= 11 is 0. The second-order valence-electron chi connectivity index (χ2n) is 4.44. The van der Waals surface area contributed by atoms with Crippen LogP contribution in [0.3, 0.4) is 0 Å². The van der Waals surface area contributed by atoms with Crippen molar-refractivity contribution in [2.24, 2.45) is 0 Å². The first-order valence-corrected chi connectivity index (χ1v) is 6.54. The molecule has 2 N–H and O–H groups in total. The molecule has 106 valence electrons. The molecule has 6 heteroatoms. The van der Waals surface area contributed by atoms with E-state index >= 15 is 0 Å². The number of hydrogen-bond acceptors (Lipinski definition) is 5. The molecular weight excluding hydrogens is 244 g/mol. The van der Waals surface area contributed by atoms with Crippen LogP contribution >= 0.6 is 0 Å². The molecule has 0 atom stereocenters. The van der Waals surface area contributed by atoms with Gasteiger partial charge in [0.15, 0.2) is 5.69 Å². The predicted octanol–water partition coefficient (Wildman–Crippen LogP) is 1.45. The van der Waals surface area contributed by atoms with E-state index in [1.54, 1.807) is 19.2 Å². The monoisotopic (exact) mass is 266 g/mol. The minimum absolute atomic E-state index is 0.232. The molecule has 1 aromatic heterocycles. The summed E-state index contributed by atoms with van der Waals surface area (Å²) in [5.41, 5.74) is 0.318. The van der Waals surface area contributed by atoms with Crippen LogP contribution in [0.1, 0.15) is 37.2 Å². The van der Waals surface area contributed by atoms with Gasteiger partial charge in [-0.05, 0) is 38.8 Å². The smallest absolute Gasteiger partial charge is 0.271 e. The number of amides is 1. The van der Waals surface area contributed by atoms with Gasteiger partial charge in [-0.25, -0.2) is 0 Å². The molecule has 0 aliphatic carbocycles. The van der Waals surface area contributed by atoms with Gasteiger partial charge in [-0.1, -0.05) is 0 Å². The van der Waals surface area contributed by atoms with Crippen LogP contribution < -0.4 is 10.6 Å². The molecule has 0 spiro atoms. The van der Waals surface area contributed by atoms with Crippen molar-refractivity contribution in [3.63, 3.8) is 0 Å². The van der Waals surface area contributed by atoms with Crippen molar-refractivity contribution in [1.29, 1.82) is 0 Å². The lowest BCUT2D eigenvalue weighted by molar-refractivity contribution is 0.0765. The molecule has 0 aromatic carbocycles. The molecule has 0 aliphatic heterocycles. The Morgan fingerprint density at radius 1 is 1.32 bits per heavy atom. The van der Waals surface area contributed by atoms with E-state index < -0.39 is 0 Å². The van der Waals surface area contributed by atoms with Crippen molar-refractivity contribution in [3.05, 3.63) is 17.8 Å². The molecule has 6 nitrogen and oxygen atoms in total. The largest absolute Gasteiger partial charge is 0.379 e. The van der Waals surface area contributed by atoms with Crippen LogP contribution in [0.5, 0.6) is 0 Å². The molecular formula is C13H22N4O2. The Balaban J connectivity index is 2.21. The van der Waals surface area contributed by atoms with Crippen LogP contribution in [0, 0.1) is 0 Å². The number of unbranched alkanes of at least 4 members (excludes halogenated alkanes) is 1. The van der Waals surface area contributed by atoms with Gasteiger partial charge < -0.3 is 15.4 Å². The summed E-state index contributed by atoms with van der Waals surface area (Å²) < 4.78 is 5.45. The number of carbonyl (C=O) groups excluding carboxylic acids is 1. The molecule has 0 saturated heterocycles. The summed E-state index contributed by atoms with van der Waals surface area (Å²) in [5.74, 6) is 0.447. The summed E-state index contributed by atoms with van der Waals surface area (Å²) in [5, 5.41) is 13.4. The summed E-state index contributed by atoms with van der Waals surface area (Å²) in [4.78, 5) is 11.3. The molecule has 0 bridgehead atoms. The maximum Gasteiger partial charge on any atom is 0.271 e. The highest BCUT2D eigenvalue weighted by molar-refractivity contribution is 5.91. The van der Waals surface area contributed by atoms with Crippen LogP contribution in [0.2, 0.25) is 0 Å². The van der Waals surface area contributed by atoms with Crippen LogP contribution in [-0.4, -0.2) is 42.4 Å². The Labute approximate surface area is 113 Å². The highest BCUT2D eigenvalue weighted by atomic mass is 16.5.